The van der Waals surface area contributed by atoms with Crippen molar-refractivity contribution in [1.29, 1.82) is 0 Å². The molecule has 0 saturated heterocycles. The van der Waals surface area contributed by atoms with Gasteiger partial charge in [-0.05, 0) is 13.0 Å². The highest BCUT2D eigenvalue weighted by Gasteiger charge is 2.15. The number of nitrogens with zero attached hydrogens (tertiary/aromatic N) is 3. The van der Waals surface area contributed by atoms with Crippen LogP contribution < -0.4 is 5.32 Å². The van der Waals surface area contributed by atoms with Gasteiger partial charge in [-0.2, -0.15) is 5.10 Å². The predicted octanol–water partition coefficient (Wildman–Crippen LogP) is 3.13. The first-order valence-corrected chi connectivity index (χ1v) is 6.23. The number of hydrogen-bond donors (Lipinski definition) is 1. The number of hydrogen-bond acceptors (Lipinski definition) is 3. The second-order valence-electron chi connectivity index (χ2n) is 4.27. The van der Waals surface area contributed by atoms with Crippen LogP contribution in [0.5, 0.6) is 0 Å². The summed E-state index contributed by atoms with van der Waals surface area (Å²) in [6.07, 6.45) is 1.62. The van der Waals surface area contributed by atoms with Gasteiger partial charge in [0.15, 0.2) is 23.3 Å². The monoisotopic (exact) mass is 274 g/mol. The molecule has 3 aromatic rings. The Balaban J connectivity index is 2.21. The van der Waals surface area contributed by atoms with Gasteiger partial charge in [0.2, 0.25) is 0 Å². The SMILES string of the molecule is CCNc1nc(-n2ncc3ccccc32)c(F)cc1F. The van der Waals surface area contributed by atoms with Crippen LogP contribution >= 0.6 is 0 Å². The minimum absolute atomic E-state index is 0.0171. The summed E-state index contributed by atoms with van der Waals surface area (Å²) in [6.45, 7) is 2.31. The Labute approximate surface area is 114 Å². The van der Waals surface area contributed by atoms with Crippen molar-refractivity contribution in [3.05, 3.63) is 48.2 Å². The van der Waals surface area contributed by atoms with Gasteiger partial charge in [-0.3, -0.25) is 0 Å². The van der Waals surface area contributed by atoms with Crippen LogP contribution in [0.15, 0.2) is 36.5 Å². The Hall–Kier alpha value is -2.50. The zero-order valence-electron chi connectivity index (χ0n) is 10.8. The smallest absolute Gasteiger partial charge is 0.192 e. The highest BCUT2D eigenvalue weighted by molar-refractivity contribution is 5.79. The van der Waals surface area contributed by atoms with Crippen molar-refractivity contribution in [3.63, 3.8) is 0 Å². The third kappa shape index (κ3) is 1.99. The molecule has 0 spiro atoms. The van der Waals surface area contributed by atoms with E-state index in [0.29, 0.717) is 12.1 Å². The molecular formula is C14H12F2N4. The first-order chi connectivity index (χ1) is 9.70. The molecule has 102 valence electrons. The Morgan fingerprint density at radius 3 is 2.80 bits per heavy atom. The van der Waals surface area contributed by atoms with Gasteiger partial charge in [-0.15, -0.1) is 0 Å². The molecule has 4 nitrogen and oxygen atoms in total. The quantitative estimate of drug-likeness (QED) is 0.798. The predicted molar refractivity (Wildman–Crippen MR) is 72.9 cm³/mol. The number of benzene rings is 1. The standard InChI is InChI=1S/C14H12F2N4/c1-2-17-13-10(15)7-11(16)14(19-13)20-12-6-4-3-5-9(12)8-18-20/h3-8H,2H2,1H3,(H,17,19). The summed E-state index contributed by atoms with van der Waals surface area (Å²) in [5.41, 5.74) is 0.716. The van der Waals surface area contributed by atoms with Crippen molar-refractivity contribution in [2.24, 2.45) is 0 Å². The van der Waals surface area contributed by atoms with E-state index >= 15 is 0 Å². The Morgan fingerprint density at radius 1 is 1.20 bits per heavy atom. The normalized spacial score (nSPS) is 10.9. The lowest BCUT2D eigenvalue weighted by Gasteiger charge is -2.09. The van der Waals surface area contributed by atoms with Gasteiger partial charge < -0.3 is 5.32 Å². The molecule has 2 aromatic heterocycles. The summed E-state index contributed by atoms with van der Waals surface area (Å²) in [5, 5.41) is 7.74. The number of halogens is 2. The average Bonchev–Trinajstić information content (AvgIpc) is 2.86. The van der Waals surface area contributed by atoms with Crippen LogP contribution in [0.3, 0.4) is 0 Å². The highest BCUT2D eigenvalue weighted by atomic mass is 19.1. The van der Waals surface area contributed by atoms with Crippen LogP contribution in [0.2, 0.25) is 0 Å². The van der Waals surface area contributed by atoms with Gasteiger partial charge >= 0.3 is 0 Å². The van der Waals surface area contributed by atoms with Crippen LogP contribution in [0.25, 0.3) is 16.7 Å². The van der Waals surface area contributed by atoms with Crippen molar-refractivity contribution in [1.82, 2.24) is 14.8 Å². The number of pyridine rings is 1. The average molecular weight is 274 g/mol. The highest BCUT2D eigenvalue weighted by Crippen LogP contribution is 2.22. The van der Waals surface area contributed by atoms with Gasteiger partial charge in [-0.25, -0.2) is 18.4 Å². The van der Waals surface area contributed by atoms with E-state index in [2.05, 4.69) is 15.4 Å². The number of nitrogens with one attached hydrogen (secondary N) is 1. The maximum absolute atomic E-state index is 14.0. The third-order valence-corrected chi connectivity index (χ3v) is 2.93. The van der Waals surface area contributed by atoms with E-state index in [9.17, 15) is 8.78 Å². The van der Waals surface area contributed by atoms with Crippen LogP contribution in [0, 0.1) is 11.6 Å². The van der Waals surface area contributed by atoms with E-state index in [4.69, 9.17) is 0 Å². The molecule has 0 atom stereocenters. The molecule has 1 aromatic carbocycles. The first-order valence-electron chi connectivity index (χ1n) is 6.23. The lowest BCUT2D eigenvalue weighted by atomic mass is 10.2. The van der Waals surface area contributed by atoms with Crippen LogP contribution in [-0.4, -0.2) is 21.3 Å². The fraction of sp³-hybridized carbons (Fsp3) is 0.143. The van der Waals surface area contributed by atoms with Gasteiger partial charge in [0, 0.05) is 18.0 Å². The second-order valence-corrected chi connectivity index (χ2v) is 4.27. The summed E-state index contributed by atoms with van der Waals surface area (Å²) in [4.78, 5) is 3.99. The number of aromatic nitrogens is 3. The number of anilines is 1. The molecule has 1 N–H and O–H groups in total. The molecule has 0 aliphatic rings. The molecule has 0 bridgehead atoms. The Morgan fingerprint density at radius 2 is 2.00 bits per heavy atom. The Kier molecular flexibility index (Phi) is 3.06. The summed E-state index contributed by atoms with van der Waals surface area (Å²) >= 11 is 0. The fourth-order valence-corrected chi connectivity index (χ4v) is 2.04. The maximum atomic E-state index is 14.0. The summed E-state index contributed by atoms with van der Waals surface area (Å²) in [7, 11) is 0. The number of fused-ring (bicyclic) bond motifs is 1. The first kappa shape index (κ1) is 12.5. The van der Waals surface area contributed by atoms with Crippen molar-refractivity contribution >= 4 is 16.7 Å². The van der Waals surface area contributed by atoms with Crippen LogP contribution in [0.1, 0.15) is 6.92 Å². The molecule has 20 heavy (non-hydrogen) atoms. The van der Waals surface area contributed by atoms with E-state index < -0.39 is 11.6 Å². The molecule has 3 rings (SSSR count). The molecule has 0 amide bonds. The molecule has 0 unspecified atom stereocenters. The molecule has 0 saturated carbocycles. The van der Waals surface area contributed by atoms with E-state index in [1.165, 1.54) is 4.68 Å². The topological polar surface area (TPSA) is 42.7 Å². The molecule has 0 aliphatic carbocycles. The summed E-state index contributed by atoms with van der Waals surface area (Å²) in [5.74, 6) is -1.48. The zero-order chi connectivity index (χ0) is 14.1. The van der Waals surface area contributed by atoms with E-state index in [0.717, 1.165) is 11.5 Å². The molecule has 0 aliphatic heterocycles. The van der Waals surface area contributed by atoms with Crippen molar-refractivity contribution < 1.29 is 8.78 Å². The molecule has 2 heterocycles. The summed E-state index contributed by atoms with van der Waals surface area (Å²) in [6, 6.07) is 8.18. The molecule has 0 radical (unpaired) electrons. The minimum atomic E-state index is -0.752. The minimum Gasteiger partial charge on any atom is -0.368 e. The second kappa shape index (κ2) is 4.88. The van der Waals surface area contributed by atoms with Gasteiger partial charge in [0.1, 0.15) is 0 Å². The molecule has 0 fully saturated rings. The number of para-hydroxylation sites is 1. The van der Waals surface area contributed by atoms with Crippen molar-refractivity contribution in [3.8, 4) is 5.82 Å². The van der Waals surface area contributed by atoms with E-state index in [1.54, 1.807) is 12.3 Å². The van der Waals surface area contributed by atoms with Crippen LogP contribution in [0.4, 0.5) is 14.6 Å². The van der Waals surface area contributed by atoms with Gasteiger partial charge in [0.05, 0.1) is 11.7 Å². The lowest BCUT2D eigenvalue weighted by molar-refractivity contribution is 0.565. The van der Waals surface area contributed by atoms with E-state index in [-0.39, 0.29) is 11.6 Å². The van der Waals surface area contributed by atoms with Crippen LogP contribution in [-0.2, 0) is 0 Å². The maximum Gasteiger partial charge on any atom is 0.192 e. The largest absolute Gasteiger partial charge is 0.368 e. The molecule has 6 heteroatoms. The number of rotatable bonds is 3. The zero-order valence-corrected chi connectivity index (χ0v) is 10.8. The van der Waals surface area contributed by atoms with Crippen molar-refractivity contribution in [2.45, 2.75) is 6.92 Å². The lowest BCUT2D eigenvalue weighted by Crippen LogP contribution is -2.09. The van der Waals surface area contributed by atoms with E-state index in [1.807, 2.05) is 25.1 Å². The van der Waals surface area contributed by atoms with Gasteiger partial charge in [-0.1, -0.05) is 18.2 Å². The fourth-order valence-electron chi connectivity index (χ4n) is 2.04. The van der Waals surface area contributed by atoms with Crippen molar-refractivity contribution in [2.75, 3.05) is 11.9 Å². The summed E-state index contributed by atoms with van der Waals surface area (Å²) < 4.78 is 28.9. The molecular weight excluding hydrogens is 262 g/mol. The van der Waals surface area contributed by atoms with Gasteiger partial charge in [0.25, 0.3) is 0 Å². The third-order valence-electron chi connectivity index (χ3n) is 2.93. The Bertz CT molecular complexity index is 767.